The molecule has 1 aliphatic rings. The van der Waals surface area contributed by atoms with E-state index in [2.05, 4.69) is 15.5 Å². The van der Waals surface area contributed by atoms with Crippen molar-refractivity contribution >= 4 is 16.9 Å². The molecular formula is C21H17N3O4. The average molecular weight is 375 g/mol. The lowest BCUT2D eigenvalue weighted by molar-refractivity contribution is 0.0951. The standard InChI is InChI=1S/C21H17N3O4/c1-26-15-4-2-3-13(9-15)21-23-17(11-27-21)19-16-10-12(5-8-18(16)28-24-19)20(25)22-14-6-7-14/h2-5,8-11,14H,6-7H2,1H3,(H,22,25). The summed E-state index contributed by atoms with van der Waals surface area (Å²) in [5.41, 5.74) is 3.03. The number of ether oxygens (including phenoxy) is 1. The third-order valence-corrected chi connectivity index (χ3v) is 4.71. The number of benzene rings is 2. The first kappa shape index (κ1) is 16.6. The van der Waals surface area contributed by atoms with Crippen LogP contribution in [-0.2, 0) is 0 Å². The highest BCUT2D eigenvalue weighted by Crippen LogP contribution is 2.31. The summed E-state index contributed by atoms with van der Waals surface area (Å²) in [6.07, 6.45) is 3.61. The Morgan fingerprint density at radius 3 is 2.93 bits per heavy atom. The molecule has 1 N–H and O–H groups in total. The first-order chi connectivity index (χ1) is 13.7. The van der Waals surface area contributed by atoms with Crippen LogP contribution in [0.2, 0.25) is 0 Å². The van der Waals surface area contributed by atoms with Gasteiger partial charge in [-0.15, -0.1) is 0 Å². The Morgan fingerprint density at radius 1 is 1.21 bits per heavy atom. The number of hydrogen-bond donors (Lipinski definition) is 1. The van der Waals surface area contributed by atoms with Crippen LogP contribution in [0.1, 0.15) is 23.2 Å². The maximum absolute atomic E-state index is 12.3. The number of methoxy groups -OCH3 is 1. The molecule has 7 nitrogen and oxygen atoms in total. The molecule has 7 heteroatoms. The number of carbonyl (C=O) groups is 1. The van der Waals surface area contributed by atoms with E-state index in [-0.39, 0.29) is 5.91 Å². The van der Waals surface area contributed by atoms with Crippen molar-refractivity contribution in [2.45, 2.75) is 18.9 Å². The molecule has 0 bridgehead atoms. The second-order valence-electron chi connectivity index (χ2n) is 6.76. The highest BCUT2D eigenvalue weighted by Gasteiger charge is 2.24. The summed E-state index contributed by atoms with van der Waals surface area (Å²) in [5.74, 6) is 1.08. The largest absolute Gasteiger partial charge is 0.497 e. The van der Waals surface area contributed by atoms with E-state index in [1.165, 1.54) is 6.26 Å². The fourth-order valence-electron chi connectivity index (χ4n) is 3.03. The third kappa shape index (κ3) is 3.00. The molecule has 2 aromatic heterocycles. The molecule has 0 spiro atoms. The van der Waals surface area contributed by atoms with E-state index in [1.807, 2.05) is 24.3 Å². The molecule has 0 saturated heterocycles. The first-order valence-corrected chi connectivity index (χ1v) is 9.02. The lowest BCUT2D eigenvalue weighted by Crippen LogP contribution is -2.25. The van der Waals surface area contributed by atoms with Gasteiger partial charge in [0.05, 0.1) is 12.5 Å². The predicted octanol–water partition coefficient (Wildman–Crippen LogP) is 4.05. The van der Waals surface area contributed by atoms with Gasteiger partial charge in [-0.3, -0.25) is 4.79 Å². The van der Waals surface area contributed by atoms with E-state index in [0.29, 0.717) is 39.9 Å². The Bertz CT molecular complexity index is 1170. The number of nitrogens with zero attached hydrogens (tertiary/aromatic N) is 2. The van der Waals surface area contributed by atoms with Crippen LogP contribution < -0.4 is 10.1 Å². The predicted molar refractivity (Wildman–Crippen MR) is 102 cm³/mol. The van der Waals surface area contributed by atoms with E-state index >= 15 is 0 Å². The van der Waals surface area contributed by atoms with Gasteiger partial charge in [-0.2, -0.15) is 0 Å². The Balaban J connectivity index is 1.50. The number of oxazole rings is 1. The van der Waals surface area contributed by atoms with Crippen molar-refractivity contribution in [2.24, 2.45) is 0 Å². The summed E-state index contributed by atoms with van der Waals surface area (Å²) >= 11 is 0. The molecule has 140 valence electrons. The van der Waals surface area contributed by atoms with Crippen LogP contribution in [0, 0.1) is 0 Å². The van der Waals surface area contributed by atoms with Gasteiger partial charge in [-0.1, -0.05) is 11.2 Å². The topological polar surface area (TPSA) is 90.4 Å². The monoisotopic (exact) mass is 375 g/mol. The van der Waals surface area contributed by atoms with Crippen LogP contribution in [0.5, 0.6) is 5.75 Å². The fourth-order valence-corrected chi connectivity index (χ4v) is 3.03. The Hall–Kier alpha value is -3.61. The van der Waals surface area contributed by atoms with Gasteiger partial charge >= 0.3 is 0 Å². The fraction of sp³-hybridized carbons (Fsp3) is 0.190. The number of rotatable bonds is 5. The molecule has 1 fully saturated rings. The van der Waals surface area contributed by atoms with Gasteiger partial charge in [-0.25, -0.2) is 4.98 Å². The van der Waals surface area contributed by atoms with Crippen molar-refractivity contribution in [2.75, 3.05) is 7.11 Å². The van der Waals surface area contributed by atoms with Crippen LogP contribution in [0.25, 0.3) is 33.8 Å². The maximum Gasteiger partial charge on any atom is 0.251 e. The maximum atomic E-state index is 12.3. The Kier molecular flexibility index (Phi) is 3.86. The van der Waals surface area contributed by atoms with Gasteiger partial charge in [0.1, 0.15) is 23.4 Å². The Morgan fingerprint density at radius 2 is 2.11 bits per heavy atom. The summed E-state index contributed by atoms with van der Waals surface area (Å²) in [6, 6.07) is 13.0. The van der Waals surface area contributed by atoms with E-state index in [9.17, 15) is 4.79 Å². The highest BCUT2D eigenvalue weighted by molar-refractivity contribution is 6.00. The molecule has 1 amide bonds. The van der Waals surface area contributed by atoms with E-state index in [0.717, 1.165) is 24.2 Å². The quantitative estimate of drug-likeness (QED) is 0.566. The molecule has 2 aromatic carbocycles. The smallest absolute Gasteiger partial charge is 0.251 e. The second-order valence-corrected chi connectivity index (χ2v) is 6.76. The molecular weight excluding hydrogens is 358 g/mol. The van der Waals surface area contributed by atoms with Gasteiger partial charge in [0.15, 0.2) is 5.58 Å². The lowest BCUT2D eigenvalue weighted by atomic mass is 10.1. The van der Waals surface area contributed by atoms with Crippen LogP contribution >= 0.6 is 0 Å². The number of amides is 1. The molecule has 0 unspecified atom stereocenters. The number of carbonyl (C=O) groups excluding carboxylic acids is 1. The van der Waals surface area contributed by atoms with Crippen molar-refractivity contribution in [3.8, 4) is 28.6 Å². The minimum atomic E-state index is -0.0891. The minimum Gasteiger partial charge on any atom is -0.497 e. The van der Waals surface area contributed by atoms with Crippen molar-refractivity contribution < 1.29 is 18.5 Å². The number of fused-ring (bicyclic) bond motifs is 1. The zero-order chi connectivity index (χ0) is 19.1. The van der Waals surface area contributed by atoms with Crippen molar-refractivity contribution in [3.63, 3.8) is 0 Å². The molecule has 4 aromatic rings. The average Bonchev–Trinajstić information content (AvgIpc) is 3.24. The number of nitrogens with one attached hydrogen (secondary N) is 1. The summed E-state index contributed by atoms with van der Waals surface area (Å²) in [6.45, 7) is 0. The van der Waals surface area contributed by atoms with Gasteiger partial charge in [-0.05, 0) is 49.2 Å². The molecule has 1 aliphatic carbocycles. The molecule has 5 rings (SSSR count). The van der Waals surface area contributed by atoms with E-state index in [4.69, 9.17) is 13.7 Å². The molecule has 0 atom stereocenters. The third-order valence-electron chi connectivity index (χ3n) is 4.71. The first-order valence-electron chi connectivity index (χ1n) is 9.02. The van der Waals surface area contributed by atoms with Crippen LogP contribution in [0.4, 0.5) is 0 Å². The molecule has 1 saturated carbocycles. The number of aromatic nitrogens is 2. The van der Waals surface area contributed by atoms with E-state index < -0.39 is 0 Å². The summed E-state index contributed by atoms with van der Waals surface area (Å²) in [5, 5.41) is 7.83. The van der Waals surface area contributed by atoms with Crippen molar-refractivity contribution in [1.29, 1.82) is 0 Å². The SMILES string of the molecule is COc1cccc(-c2nc(-c3noc4ccc(C(=O)NC5CC5)cc34)co2)c1. The van der Waals surface area contributed by atoms with Crippen LogP contribution in [0.3, 0.4) is 0 Å². The lowest BCUT2D eigenvalue weighted by Gasteiger charge is -2.02. The van der Waals surface area contributed by atoms with Gasteiger partial charge in [0, 0.05) is 17.2 Å². The summed E-state index contributed by atoms with van der Waals surface area (Å²) in [4.78, 5) is 16.9. The van der Waals surface area contributed by atoms with Crippen molar-refractivity contribution in [3.05, 3.63) is 54.3 Å². The van der Waals surface area contributed by atoms with Gasteiger partial charge < -0.3 is 19.0 Å². The van der Waals surface area contributed by atoms with E-state index in [1.54, 1.807) is 25.3 Å². The molecule has 0 radical (unpaired) electrons. The minimum absolute atomic E-state index is 0.0891. The Labute approximate surface area is 160 Å². The summed E-state index contributed by atoms with van der Waals surface area (Å²) < 4.78 is 16.3. The van der Waals surface area contributed by atoms with Gasteiger partial charge in [0.2, 0.25) is 5.89 Å². The molecule has 2 heterocycles. The highest BCUT2D eigenvalue weighted by atomic mass is 16.5. The zero-order valence-corrected chi connectivity index (χ0v) is 15.1. The number of hydrogen-bond acceptors (Lipinski definition) is 6. The summed E-state index contributed by atoms with van der Waals surface area (Å²) in [7, 11) is 1.61. The van der Waals surface area contributed by atoms with Crippen LogP contribution in [0.15, 0.2) is 57.7 Å². The molecule has 0 aliphatic heterocycles. The normalized spacial score (nSPS) is 13.6. The molecule has 28 heavy (non-hydrogen) atoms. The van der Waals surface area contributed by atoms with Crippen LogP contribution in [-0.4, -0.2) is 29.2 Å². The second kappa shape index (κ2) is 6.53. The van der Waals surface area contributed by atoms with Crippen molar-refractivity contribution in [1.82, 2.24) is 15.5 Å². The van der Waals surface area contributed by atoms with Gasteiger partial charge in [0.25, 0.3) is 5.91 Å². The zero-order valence-electron chi connectivity index (χ0n) is 15.1.